The number of nitro groups is 1. The van der Waals surface area contributed by atoms with Gasteiger partial charge in [0.25, 0.3) is 11.6 Å². The minimum Gasteiger partial charge on any atom is -0.480 e. The highest BCUT2D eigenvalue weighted by Crippen LogP contribution is 2.29. The van der Waals surface area contributed by atoms with Gasteiger partial charge in [0.1, 0.15) is 17.6 Å². The fourth-order valence-electron chi connectivity index (χ4n) is 1.55. The van der Waals surface area contributed by atoms with E-state index in [-0.39, 0.29) is 15.7 Å². The van der Waals surface area contributed by atoms with Crippen molar-refractivity contribution in [2.45, 2.75) is 0 Å². The highest BCUT2D eigenvalue weighted by molar-refractivity contribution is 9.10. The lowest BCUT2D eigenvalue weighted by Crippen LogP contribution is -2.41. The van der Waals surface area contributed by atoms with Crippen LogP contribution in [0.5, 0.6) is 0 Å². The Hall–Kier alpha value is -2.49. The van der Waals surface area contributed by atoms with Crippen LogP contribution in [0.25, 0.3) is 0 Å². The Labute approximate surface area is 126 Å². The van der Waals surface area contributed by atoms with E-state index in [0.29, 0.717) is 4.90 Å². The molecule has 0 heterocycles. The highest BCUT2D eigenvalue weighted by atomic mass is 79.9. The molecule has 10 heteroatoms. The number of benzene rings is 1. The van der Waals surface area contributed by atoms with Crippen molar-refractivity contribution >= 4 is 39.4 Å². The molecule has 112 valence electrons. The Morgan fingerprint density at radius 2 is 1.95 bits per heavy atom. The van der Waals surface area contributed by atoms with Crippen molar-refractivity contribution in [1.29, 1.82) is 0 Å². The molecule has 0 atom stereocenters. The highest BCUT2D eigenvalue weighted by Gasteiger charge is 2.25. The maximum atomic E-state index is 12.2. The lowest BCUT2D eigenvalue weighted by Gasteiger charge is -2.19. The summed E-state index contributed by atoms with van der Waals surface area (Å²) >= 11 is 2.93. The first-order valence-electron chi connectivity index (χ1n) is 5.46. The molecule has 0 unspecified atom stereocenters. The Bertz CT molecular complexity index is 602. The summed E-state index contributed by atoms with van der Waals surface area (Å²) in [6.45, 7) is -1.36. The van der Waals surface area contributed by atoms with Gasteiger partial charge in [-0.25, -0.2) is 0 Å². The zero-order chi connectivity index (χ0) is 16.2. The van der Waals surface area contributed by atoms with E-state index in [2.05, 4.69) is 15.9 Å². The van der Waals surface area contributed by atoms with Crippen molar-refractivity contribution in [1.82, 2.24) is 4.90 Å². The standard InChI is InChI=1S/C11H10BrN3O6/c12-10-6(2-1-3-7(10)15(20)21)11(19)14(4-8(13)16)5-9(17)18/h1-3H,4-5H2,(H2,13,16)(H,17,18). The van der Waals surface area contributed by atoms with E-state index in [1.54, 1.807) is 0 Å². The maximum absolute atomic E-state index is 12.2. The second kappa shape index (κ2) is 6.79. The molecule has 0 aliphatic carbocycles. The molecule has 0 saturated heterocycles. The van der Waals surface area contributed by atoms with Crippen molar-refractivity contribution < 1.29 is 24.4 Å². The molecule has 0 fully saturated rings. The summed E-state index contributed by atoms with van der Waals surface area (Å²) in [6.07, 6.45) is 0. The minimum absolute atomic E-state index is 0.0974. The minimum atomic E-state index is -1.34. The predicted octanol–water partition coefficient (Wildman–Crippen LogP) is 0.369. The first-order valence-corrected chi connectivity index (χ1v) is 6.25. The number of nitrogens with zero attached hydrogens (tertiary/aromatic N) is 2. The average molecular weight is 360 g/mol. The fourth-order valence-corrected chi connectivity index (χ4v) is 2.13. The third-order valence-corrected chi connectivity index (χ3v) is 3.20. The number of amides is 2. The topological polar surface area (TPSA) is 144 Å². The molecule has 9 nitrogen and oxygen atoms in total. The van der Waals surface area contributed by atoms with Gasteiger partial charge in [-0.15, -0.1) is 0 Å². The van der Waals surface area contributed by atoms with Crippen LogP contribution in [0.1, 0.15) is 10.4 Å². The summed E-state index contributed by atoms with van der Waals surface area (Å²) in [5, 5.41) is 19.5. The number of rotatable bonds is 6. The summed E-state index contributed by atoms with van der Waals surface area (Å²) in [5.74, 6) is -3.09. The first-order chi connectivity index (χ1) is 9.73. The number of carbonyl (C=O) groups is 3. The molecular formula is C11H10BrN3O6. The monoisotopic (exact) mass is 359 g/mol. The largest absolute Gasteiger partial charge is 0.480 e. The van der Waals surface area contributed by atoms with Crippen LogP contribution < -0.4 is 5.73 Å². The Morgan fingerprint density at radius 3 is 2.43 bits per heavy atom. The van der Waals surface area contributed by atoms with E-state index >= 15 is 0 Å². The molecule has 1 rings (SSSR count). The molecule has 2 amide bonds. The van der Waals surface area contributed by atoms with Crippen LogP contribution >= 0.6 is 15.9 Å². The number of nitrogens with two attached hydrogens (primary N) is 1. The van der Waals surface area contributed by atoms with Crippen molar-refractivity contribution in [3.05, 3.63) is 38.3 Å². The van der Waals surface area contributed by atoms with Crippen molar-refractivity contribution in [3.63, 3.8) is 0 Å². The van der Waals surface area contributed by atoms with Crippen LogP contribution in [-0.2, 0) is 9.59 Å². The smallest absolute Gasteiger partial charge is 0.323 e. The van der Waals surface area contributed by atoms with Gasteiger partial charge < -0.3 is 15.7 Å². The van der Waals surface area contributed by atoms with E-state index in [9.17, 15) is 24.5 Å². The van der Waals surface area contributed by atoms with Gasteiger partial charge in [-0.05, 0) is 22.0 Å². The molecule has 0 aromatic heterocycles. The summed E-state index contributed by atoms with van der Waals surface area (Å²) in [7, 11) is 0. The molecular weight excluding hydrogens is 350 g/mol. The zero-order valence-corrected chi connectivity index (χ0v) is 12.1. The molecule has 1 aromatic carbocycles. The predicted molar refractivity (Wildman–Crippen MR) is 73.5 cm³/mol. The number of carboxylic acid groups (broad SMARTS) is 1. The SMILES string of the molecule is NC(=O)CN(CC(=O)O)C(=O)c1cccc([N+](=O)[O-])c1Br. The third-order valence-electron chi connectivity index (χ3n) is 2.37. The summed E-state index contributed by atoms with van der Waals surface area (Å²) < 4.78 is -0.0974. The Morgan fingerprint density at radius 1 is 1.33 bits per heavy atom. The molecule has 3 N–H and O–H groups in total. The summed E-state index contributed by atoms with van der Waals surface area (Å²) in [4.78, 5) is 44.6. The summed E-state index contributed by atoms with van der Waals surface area (Å²) in [5.41, 5.74) is 4.47. The maximum Gasteiger partial charge on any atom is 0.323 e. The first kappa shape index (κ1) is 16.6. The number of primary amides is 1. The summed E-state index contributed by atoms with van der Waals surface area (Å²) in [6, 6.07) is 3.73. The molecule has 0 aliphatic rings. The Balaban J connectivity index is 3.20. The van der Waals surface area contributed by atoms with Crippen LogP contribution in [0.4, 0.5) is 5.69 Å². The van der Waals surface area contributed by atoms with E-state index in [4.69, 9.17) is 10.8 Å². The third kappa shape index (κ3) is 4.24. The van der Waals surface area contributed by atoms with Gasteiger partial charge in [0.15, 0.2) is 0 Å². The lowest BCUT2D eigenvalue weighted by atomic mass is 10.1. The van der Waals surface area contributed by atoms with Gasteiger partial charge in [-0.1, -0.05) is 6.07 Å². The second-order valence-corrected chi connectivity index (χ2v) is 4.71. The van der Waals surface area contributed by atoms with Crippen LogP contribution in [0.3, 0.4) is 0 Å². The molecule has 0 bridgehead atoms. The number of nitro benzene ring substituents is 1. The van der Waals surface area contributed by atoms with Gasteiger partial charge in [0.2, 0.25) is 5.91 Å². The van der Waals surface area contributed by atoms with E-state index < -0.39 is 35.8 Å². The number of carbonyl (C=O) groups excluding carboxylic acids is 2. The van der Waals surface area contributed by atoms with Gasteiger partial charge in [-0.2, -0.15) is 0 Å². The van der Waals surface area contributed by atoms with Gasteiger partial charge in [0.05, 0.1) is 10.5 Å². The molecule has 21 heavy (non-hydrogen) atoms. The number of aliphatic carboxylic acids is 1. The van der Waals surface area contributed by atoms with E-state index in [0.717, 1.165) is 0 Å². The molecule has 0 aliphatic heterocycles. The van der Waals surface area contributed by atoms with Crippen LogP contribution in [-0.4, -0.2) is 45.8 Å². The number of halogens is 1. The normalized spacial score (nSPS) is 9.95. The molecule has 1 aromatic rings. The zero-order valence-electron chi connectivity index (χ0n) is 10.5. The van der Waals surface area contributed by atoms with Crippen molar-refractivity contribution in [2.24, 2.45) is 5.73 Å². The van der Waals surface area contributed by atoms with Crippen LogP contribution in [0.2, 0.25) is 0 Å². The van der Waals surface area contributed by atoms with E-state index in [1.165, 1.54) is 18.2 Å². The van der Waals surface area contributed by atoms with Crippen LogP contribution in [0, 0.1) is 10.1 Å². The number of carboxylic acids is 1. The molecule has 0 saturated carbocycles. The lowest BCUT2D eigenvalue weighted by molar-refractivity contribution is -0.385. The Kier molecular flexibility index (Phi) is 5.36. The fraction of sp³-hybridized carbons (Fsp3) is 0.182. The van der Waals surface area contributed by atoms with Gasteiger partial charge in [0, 0.05) is 6.07 Å². The van der Waals surface area contributed by atoms with Gasteiger partial charge >= 0.3 is 5.97 Å². The second-order valence-electron chi connectivity index (χ2n) is 3.92. The van der Waals surface area contributed by atoms with Crippen LogP contribution in [0.15, 0.2) is 22.7 Å². The quantitative estimate of drug-likeness (QED) is 0.554. The molecule has 0 radical (unpaired) electrons. The van der Waals surface area contributed by atoms with Gasteiger partial charge in [-0.3, -0.25) is 24.5 Å². The molecule has 0 spiro atoms. The van der Waals surface area contributed by atoms with Crippen molar-refractivity contribution in [2.75, 3.05) is 13.1 Å². The number of hydrogen-bond donors (Lipinski definition) is 2. The van der Waals surface area contributed by atoms with Crippen molar-refractivity contribution in [3.8, 4) is 0 Å². The number of hydrogen-bond acceptors (Lipinski definition) is 5. The average Bonchev–Trinajstić information content (AvgIpc) is 2.36. The van der Waals surface area contributed by atoms with E-state index in [1.807, 2.05) is 0 Å².